The molecule has 2 N–H and O–H groups in total. The lowest BCUT2D eigenvalue weighted by molar-refractivity contribution is 0.534. The summed E-state index contributed by atoms with van der Waals surface area (Å²) in [6.07, 6.45) is 0. The summed E-state index contributed by atoms with van der Waals surface area (Å²) < 4.78 is 29.5. The molecule has 1 aliphatic rings. The standard InChI is InChI=1S/C26H24N2O2S/c1-17-14-15-18(2)23(16-17)27-25-21-12-6-8-19-9-7-13-22(24(19)21)26(25)28-31(29,30)20-10-4-3-5-11-20/h3-16,25-28H,1-2H3. The molecule has 0 fully saturated rings. The van der Waals surface area contributed by atoms with Crippen molar-refractivity contribution >= 4 is 26.5 Å². The minimum absolute atomic E-state index is 0.222. The van der Waals surface area contributed by atoms with Crippen molar-refractivity contribution in [3.05, 3.63) is 107 Å². The van der Waals surface area contributed by atoms with Crippen LogP contribution in [0.5, 0.6) is 0 Å². The van der Waals surface area contributed by atoms with Crippen LogP contribution in [0.1, 0.15) is 34.3 Å². The number of benzene rings is 4. The van der Waals surface area contributed by atoms with Gasteiger partial charge in [-0.1, -0.05) is 66.7 Å². The number of anilines is 1. The molecule has 2 unspecified atom stereocenters. The van der Waals surface area contributed by atoms with Crippen molar-refractivity contribution in [2.24, 2.45) is 0 Å². The minimum atomic E-state index is -3.69. The Morgan fingerprint density at radius 2 is 1.42 bits per heavy atom. The number of sulfonamides is 1. The molecule has 5 heteroatoms. The summed E-state index contributed by atoms with van der Waals surface area (Å²) in [4.78, 5) is 0.267. The van der Waals surface area contributed by atoms with Crippen LogP contribution in [0.3, 0.4) is 0 Å². The smallest absolute Gasteiger partial charge is 0.241 e. The molecule has 0 aliphatic heterocycles. The Labute approximate surface area is 183 Å². The summed E-state index contributed by atoms with van der Waals surface area (Å²) in [7, 11) is -3.69. The Morgan fingerprint density at radius 3 is 2.13 bits per heavy atom. The van der Waals surface area contributed by atoms with Crippen molar-refractivity contribution in [2.75, 3.05) is 5.32 Å². The third kappa shape index (κ3) is 3.50. The Morgan fingerprint density at radius 1 is 0.742 bits per heavy atom. The molecule has 0 radical (unpaired) electrons. The van der Waals surface area contributed by atoms with Gasteiger partial charge in [-0.15, -0.1) is 0 Å². The van der Waals surface area contributed by atoms with Gasteiger partial charge in [0.05, 0.1) is 17.0 Å². The Kier molecular flexibility index (Phi) is 4.80. The molecule has 0 bridgehead atoms. The average Bonchev–Trinajstić information content (AvgIpc) is 3.06. The van der Waals surface area contributed by atoms with Crippen molar-refractivity contribution < 1.29 is 8.42 Å². The van der Waals surface area contributed by atoms with Gasteiger partial charge in [0.1, 0.15) is 0 Å². The van der Waals surface area contributed by atoms with E-state index in [2.05, 4.69) is 60.3 Å². The van der Waals surface area contributed by atoms with Crippen LogP contribution in [0.25, 0.3) is 10.8 Å². The first-order valence-electron chi connectivity index (χ1n) is 10.4. The topological polar surface area (TPSA) is 58.2 Å². The quantitative estimate of drug-likeness (QED) is 0.432. The maximum absolute atomic E-state index is 13.2. The van der Waals surface area contributed by atoms with Crippen LogP contribution in [0.2, 0.25) is 0 Å². The van der Waals surface area contributed by atoms with Crippen molar-refractivity contribution in [2.45, 2.75) is 30.8 Å². The van der Waals surface area contributed by atoms with Crippen LogP contribution < -0.4 is 10.0 Å². The molecule has 0 aromatic heterocycles. The zero-order valence-corrected chi connectivity index (χ0v) is 18.3. The molecule has 0 heterocycles. The molecular weight excluding hydrogens is 404 g/mol. The number of rotatable bonds is 5. The first kappa shape index (κ1) is 19.8. The normalized spacial score (nSPS) is 17.7. The van der Waals surface area contributed by atoms with Crippen LogP contribution in [0.15, 0.2) is 89.8 Å². The predicted molar refractivity (Wildman–Crippen MR) is 126 cm³/mol. The van der Waals surface area contributed by atoms with Crippen LogP contribution in [-0.2, 0) is 10.0 Å². The highest BCUT2D eigenvalue weighted by atomic mass is 32.2. The van der Waals surface area contributed by atoms with E-state index in [1.165, 1.54) is 0 Å². The average molecular weight is 429 g/mol. The molecule has 1 aliphatic carbocycles. The van der Waals surface area contributed by atoms with E-state index in [9.17, 15) is 8.42 Å². The summed E-state index contributed by atoms with van der Waals surface area (Å²) in [5, 5.41) is 5.89. The van der Waals surface area contributed by atoms with Crippen molar-refractivity contribution in [3.63, 3.8) is 0 Å². The second kappa shape index (κ2) is 7.52. The van der Waals surface area contributed by atoms with Gasteiger partial charge in [0.2, 0.25) is 10.0 Å². The summed E-state index contributed by atoms with van der Waals surface area (Å²) in [5.74, 6) is 0. The monoisotopic (exact) mass is 428 g/mol. The fraction of sp³-hybridized carbons (Fsp3) is 0.154. The molecule has 5 rings (SSSR count). The number of hydrogen-bond acceptors (Lipinski definition) is 3. The van der Waals surface area contributed by atoms with E-state index in [0.29, 0.717) is 0 Å². The molecule has 31 heavy (non-hydrogen) atoms. The zero-order chi connectivity index (χ0) is 21.6. The minimum Gasteiger partial charge on any atom is -0.376 e. The molecule has 4 nitrogen and oxygen atoms in total. The predicted octanol–water partition coefficient (Wildman–Crippen LogP) is 5.64. The molecule has 4 aromatic rings. The van der Waals surface area contributed by atoms with Gasteiger partial charge in [0.25, 0.3) is 0 Å². The van der Waals surface area contributed by atoms with E-state index in [1.807, 2.05) is 24.3 Å². The largest absolute Gasteiger partial charge is 0.376 e. The Hall–Kier alpha value is -3.15. The van der Waals surface area contributed by atoms with Crippen LogP contribution in [-0.4, -0.2) is 8.42 Å². The van der Waals surface area contributed by atoms with Crippen molar-refractivity contribution in [1.82, 2.24) is 4.72 Å². The summed E-state index contributed by atoms with van der Waals surface area (Å²) in [6, 6.07) is 26.5. The highest BCUT2D eigenvalue weighted by molar-refractivity contribution is 7.89. The van der Waals surface area contributed by atoms with Gasteiger partial charge >= 0.3 is 0 Å². The van der Waals surface area contributed by atoms with E-state index in [0.717, 1.165) is 38.7 Å². The summed E-state index contributed by atoms with van der Waals surface area (Å²) >= 11 is 0. The number of aryl methyl sites for hydroxylation is 2. The molecule has 0 saturated carbocycles. The summed E-state index contributed by atoms with van der Waals surface area (Å²) in [5.41, 5.74) is 5.39. The van der Waals surface area contributed by atoms with Gasteiger partial charge in [-0.05, 0) is 65.1 Å². The van der Waals surface area contributed by atoms with Crippen LogP contribution in [0, 0.1) is 13.8 Å². The van der Waals surface area contributed by atoms with Gasteiger partial charge in [0.15, 0.2) is 0 Å². The third-order valence-corrected chi connectivity index (χ3v) is 7.47. The van der Waals surface area contributed by atoms with E-state index >= 15 is 0 Å². The van der Waals surface area contributed by atoms with Crippen molar-refractivity contribution in [1.29, 1.82) is 0 Å². The van der Waals surface area contributed by atoms with E-state index in [1.54, 1.807) is 24.3 Å². The van der Waals surface area contributed by atoms with Crippen LogP contribution in [0.4, 0.5) is 5.69 Å². The zero-order valence-electron chi connectivity index (χ0n) is 17.5. The number of hydrogen-bond donors (Lipinski definition) is 2. The molecule has 156 valence electrons. The maximum atomic E-state index is 13.2. The fourth-order valence-electron chi connectivity index (χ4n) is 4.46. The number of nitrogens with one attached hydrogen (secondary N) is 2. The van der Waals surface area contributed by atoms with Gasteiger partial charge in [-0.25, -0.2) is 13.1 Å². The van der Waals surface area contributed by atoms with Gasteiger partial charge in [0, 0.05) is 5.69 Å². The fourth-order valence-corrected chi connectivity index (χ4v) is 5.71. The van der Waals surface area contributed by atoms with Crippen LogP contribution >= 0.6 is 0 Å². The molecule has 0 amide bonds. The van der Waals surface area contributed by atoms with E-state index < -0.39 is 16.1 Å². The SMILES string of the molecule is Cc1ccc(C)c(NC2c3cccc4cccc(c34)C2NS(=O)(=O)c2ccccc2)c1. The van der Waals surface area contributed by atoms with Gasteiger partial charge in [-0.3, -0.25) is 0 Å². The maximum Gasteiger partial charge on any atom is 0.241 e. The van der Waals surface area contributed by atoms with Gasteiger partial charge in [-0.2, -0.15) is 0 Å². The molecule has 4 aromatic carbocycles. The van der Waals surface area contributed by atoms with E-state index in [-0.39, 0.29) is 10.9 Å². The second-order valence-corrected chi connectivity index (χ2v) is 9.86. The first-order valence-corrected chi connectivity index (χ1v) is 11.8. The molecule has 0 spiro atoms. The lowest BCUT2D eigenvalue weighted by atomic mass is 10.0. The lowest BCUT2D eigenvalue weighted by Gasteiger charge is -2.26. The van der Waals surface area contributed by atoms with E-state index in [4.69, 9.17) is 0 Å². The highest BCUT2D eigenvalue weighted by Gasteiger charge is 2.37. The second-order valence-electron chi connectivity index (χ2n) is 8.14. The third-order valence-electron chi connectivity index (χ3n) is 6.01. The Bertz CT molecular complexity index is 1380. The molecular formula is C26H24N2O2S. The molecule has 0 saturated heterocycles. The van der Waals surface area contributed by atoms with Crippen molar-refractivity contribution in [3.8, 4) is 0 Å². The van der Waals surface area contributed by atoms with Gasteiger partial charge < -0.3 is 5.32 Å². The Balaban J connectivity index is 1.62. The molecule has 2 atom stereocenters. The summed E-state index contributed by atoms with van der Waals surface area (Å²) in [6.45, 7) is 4.12. The highest BCUT2D eigenvalue weighted by Crippen LogP contribution is 2.46. The first-order chi connectivity index (χ1) is 14.9. The lowest BCUT2D eigenvalue weighted by Crippen LogP contribution is -2.33.